The van der Waals surface area contributed by atoms with Gasteiger partial charge in [0.15, 0.2) is 0 Å². The summed E-state index contributed by atoms with van der Waals surface area (Å²) in [7, 11) is 0. The first kappa shape index (κ1) is 22.1. The lowest BCUT2D eigenvalue weighted by molar-refractivity contribution is 0.0520. The van der Waals surface area contributed by atoms with E-state index in [0.717, 1.165) is 16.5 Å². The summed E-state index contributed by atoms with van der Waals surface area (Å²) in [5.74, 6) is 1.28. The number of carbonyl (C=O) groups excluding carboxylic acids is 1. The van der Waals surface area contributed by atoms with Crippen LogP contribution in [0.4, 0.5) is 0 Å². The van der Waals surface area contributed by atoms with E-state index in [9.17, 15) is 4.79 Å². The van der Waals surface area contributed by atoms with Gasteiger partial charge in [-0.05, 0) is 45.4 Å². The second-order valence-electron chi connectivity index (χ2n) is 6.30. The first-order valence-electron chi connectivity index (χ1n) is 8.90. The highest BCUT2D eigenvalue weighted by molar-refractivity contribution is 7.51. The Balaban J connectivity index is 0.000000941. The molecule has 1 aromatic carbocycles. The molecule has 8 nitrogen and oxygen atoms in total. The molecule has 0 saturated carbocycles. The molecule has 0 aliphatic carbocycles. The second-order valence-corrected chi connectivity index (χ2v) is 6.44. The number of aryl methyl sites for hydroxylation is 1. The van der Waals surface area contributed by atoms with E-state index in [1.807, 2.05) is 39.0 Å². The SMILES string of the molecule is CCOC(=O)c1cc2cc(Oc3ccc(C)cn3)cc(OC(C)C)c2[nH]1.O=S=O. The number of hydrogen-bond acceptors (Lipinski definition) is 7. The van der Waals surface area contributed by atoms with Crippen LogP contribution in [0.2, 0.25) is 0 Å². The molecule has 0 bridgehead atoms. The standard InChI is InChI=1S/C20H22N2O4.O2S/c1-5-24-20(23)16-9-14-8-15(26-18-7-6-13(4)11-21-18)10-17(19(14)22-16)25-12(2)3;1-3-2/h6-12,22H,5H2,1-4H3;. The van der Waals surface area contributed by atoms with Crippen molar-refractivity contribution < 1.29 is 27.4 Å². The van der Waals surface area contributed by atoms with E-state index in [1.54, 1.807) is 25.3 Å². The van der Waals surface area contributed by atoms with Gasteiger partial charge in [0.25, 0.3) is 0 Å². The smallest absolute Gasteiger partial charge is 0.354 e. The number of aromatic amines is 1. The zero-order valence-electron chi connectivity index (χ0n) is 16.6. The van der Waals surface area contributed by atoms with E-state index in [0.29, 0.717) is 29.7 Å². The van der Waals surface area contributed by atoms with Crippen molar-refractivity contribution in [1.82, 2.24) is 9.97 Å². The number of carbonyl (C=O) groups is 1. The molecular weight excluding hydrogens is 396 g/mol. The molecule has 0 saturated heterocycles. The zero-order valence-corrected chi connectivity index (χ0v) is 17.4. The molecule has 2 aromatic heterocycles. The van der Waals surface area contributed by atoms with E-state index in [-0.39, 0.29) is 6.10 Å². The van der Waals surface area contributed by atoms with Crippen LogP contribution in [0.3, 0.4) is 0 Å². The van der Waals surface area contributed by atoms with Crippen molar-refractivity contribution in [2.75, 3.05) is 6.61 Å². The van der Waals surface area contributed by atoms with Crippen molar-refractivity contribution in [2.45, 2.75) is 33.8 Å². The van der Waals surface area contributed by atoms with Crippen LogP contribution in [-0.2, 0) is 16.3 Å². The van der Waals surface area contributed by atoms with Crippen LogP contribution in [0.25, 0.3) is 10.9 Å². The minimum absolute atomic E-state index is 0.0275. The fourth-order valence-electron chi connectivity index (χ4n) is 2.54. The number of esters is 1. The maximum absolute atomic E-state index is 12.0. The van der Waals surface area contributed by atoms with Gasteiger partial charge in [-0.2, -0.15) is 8.42 Å². The minimum Gasteiger partial charge on any atom is -0.489 e. The number of nitrogens with one attached hydrogen (secondary N) is 1. The first-order chi connectivity index (χ1) is 13.9. The van der Waals surface area contributed by atoms with Crippen LogP contribution in [0.15, 0.2) is 36.5 Å². The van der Waals surface area contributed by atoms with Gasteiger partial charge in [0.05, 0.1) is 18.2 Å². The van der Waals surface area contributed by atoms with Gasteiger partial charge < -0.3 is 19.2 Å². The van der Waals surface area contributed by atoms with Crippen LogP contribution in [0, 0.1) is 6.92 Å². The molecule has 154 valence electrons. The summed E-state index contributed by atoms with van der Waals surface area (Å²) in [6.07, 6.45) is 1.72. The molecule has 0 aliphatic rings. The predicted octanol–water partition coefficient (Wildman–Crippen LogP) is 3.96. The molecule has 0 radical (unpaired) electrons. The monoisotopic (exact) mass is 418 g/mol. The third-order valence-electron chi connectivity index (χ3n) is 3.63. The minimum atomic E-state index is -0.750. The van der Waals surface area contributed by atoms with Crippen LogP contribution in [0.5, 0.6) is 17.4 Å². The van der Waals surface area contributed by atoms with Crippen LogP contribution < -0.4 is 9.47 Å². The molecule has 3 aromatic rings. The highest BCUT2D eigenvalue weighted by Crippen LogP contribution is 2.34. The normalized spacial score (nSPS) is 10.2. The fourth-order valence-corrected chi connectivity index (χ4v) is 2.54. The Bertz CT molecular complexity index is 1010. The fraction of sp³-hybridized carbons (Fsp3) is 0.300. The average molecular weight is 418 g/mol. The predicted molar refractivity (Wildman–Crippen MR) is 108 cm³/mol. The molecule has 3 rings (SSSR count). The summed E-state index contributed by atoms with van der Waals surface area (Å²) >= 11 is -0.750. The maximum Gasteiger partial charge on any atom is 0.354 e. The number of H-pyrrole nitrogens is 1. The van der Waals surface area contributed by atoms with Gasteiger partial charge >= 0.3 is 17.5 Å². The van der Waals surface area contributed by atoms with Crippen molar-refractivity contribution in [2.24, 2.45) is 0 Å². The van der Waals surface area contributed by atoms with Crippen molar-refractivity contribution in [1.29, 1.82) is 0 Å². The molecule has 2 heterocycles. The van der Waals surface area contributed by atoms with E-state index in [4.69, 9.17) is 22.6 Å². The number of fused-ring (bicyclic) bond motifs is 1. The van der Waals surface area contributed by atoms with E-state index >= 15 is 0 Å². The number of aromatic nitrogens is 2. The summed E-state index contributed by atoms with van der Waals surface area (Å²) in [5, 5.41) is 0.799. The van der Waals surface area contributed by atoms with Crippen LogP contribution in [0.1, 0.15) is 36.8 Å². The van der Waals surface area contributed by atoms with Crippen molar-refractivity contribution >= 4 is 28.4 Å². The molecule has 29 heavy (non-hydrogen) atoms. The van der Waals surface area contributed by atoms with Gasteiger partial charge in [-0.3, -0.25) is 0 Å². The highest BCUT2D eigenvalue weighted by Gasteiger charge is 2.16. The molecule has 9 heteroatoms. The lowest BCUT2D eigenvalue weighted by Crippen LogP contribution is -2.06. The molecular formula is C20H22N2O6S. The topological polar surface area (TPSA) is 108 Å². The largest absolute Gasteiger partial charge is 0.489 e. The van der Waals surface area contributed by atoms with Crippen molar-refractivity contribution in [3.05, 3.63) is 47.8 Å². The lowest BCUT2D eigenvalue weighted by Gasteiger charge is -2.13. The Morgan fingerprint density at radius 2 is 1.93 bits per heavy atom. The van der Waals surface area contributed by atoms with Gasteiger partial charge in [0.2, 0.25) is 5.88 Å². The number of pyridine rings is 1. The molecule has 0 amide bonds. The molecule has 0 unspecified atom stereocenters. The van der Waals surface area contributed by atoms with Gasteiger partial charge in [-0.15, -0.1) is 0 Å². The molecule has 0 fully saturated rings. The Kier molecular flexibility index (Phi) is 7.90. The second kappa shape index (κ2) is 10.4. The van der Waals surface area contributed by atoms with Gasteiger partial charge in [0, 0.05) is 23.7 Å². The van der Waals surface area contributed by atoms with Gasteiger partial charge in [-0.25, -0.2) is 9.78 Å². The quantitative estimate of drug-likeness (QED) is 0.604. The average Bonchev–Trinajstić information content (AvgIpc) is 3.09. The summed E-state index contributed by atoms with van der Waals surface area (Å²) in [6.45, 7) is 7.94. The number of rotatable bonds is 6. The summed E-state index contributed by atoms with van der Waals surface area (Å²) < 4.78 is 33.4. The maximum atomic E-state index is 12.0. The van der Waals surface area contributed by atoms with Crippen LogP contribution in [-0.4, -0.2) is 37.1 Å². The third kappa shape index (κ3) is 6.15. The third-order valence-corrected chi connectivity index (χ3v) is 3.63. The Morgan fingerprint density at radius 3 is 2.52 bits per heavy atom. The van der Waals surface area contributed by atoms with Crippen molar-refractivity contribution in [3.63, 3.8) is 0 Å². The molecule has 0 spiro atoms. The molecule has 0 aliphatic heterocycles. The zero-order chi connectivity index (χ0) is 21.4. The van der Waals surface area contributed by atoms with Gasteiger partial charge in [-0.1, -0.05) is 6.07 Å². The highest BCUT2D eigenvalue weighted by atomic mass is 32.1. The lowest BCUT2D eigenvalue weighted by atomic mass is 10.2. The Labute approximate surface area is 171 Å². The van der Waals surface area contributed by atoms with Crippen LogP contribution >= 0.6 is 0 Å². The Morgan fingerprint density at radius 1 is 1.21 bits per heavy atom. The Hall–Kier alpha value is -3.20. The summed E-state index contributed by atoms with van der Waals surface area (Å²) in [5.41, 5.74) is 2.16. The first-order valence-corrected chi connectivity index (χ1v) is 9.57. The van der Waals surface area contributed by atoms with E-state index in [2.05, 4.69) is 9.97 Å². The van der Waals surface area contributed by atoms with E-state index < -0.39 is 17.5 Å². The molecule has 0 atom stereocenters. The number of ether oxygens (including phenoxy) is 3. The van der Waals surface area contributed by atoms with E-state index in [1.165, 1.54) is 0 Å². The number of benzene rings is 1. The number of hydrogen-bond donors (Lipinski definition) is 1. The summed E-state index contributed by atoms with van der Waals surface area (Å²) in [6, 6.07) is 9.10. The summed E-state index contributed by atoms with van der Waals surface area (Å²) in [4.78, 5) is 19.4. The number of nitrogens with zero attached hydrogens (tertiary/aromatic N) is 1. The van der Waals surface area contributed by atoms with Gasteiger partial charge in [0.1, 0.15) is 17.2 Å². The van der Waals surface area contributed by atoms with Crippen molar-refractivity contribution in [3.8, 4) is 17.4 Å². The molecule has 1 N–H and O–H groups in total.